The van der Waals surface area contributed by atoms with Gasteiger partial charge in [0.05, 0.1) is 11.6 Å². The molecule has 0 fully saturated rings. The third-order valence-corrected chi connectivity index (χ3v) is 2.83. The third kappa shape index (κ3) is 2.79. The molecule has 0 spiro atoms. The second kappa shape index (κ2) is 5.73. The monoisotopic (exact) mass is 280 g/mol. The number of nitrogens with zero attached hydrogens (tertiary/aromatic N) is 1. The van der Waals surface area contributed by atoms with E-state index in [0.717, 1.165) is 11.6 Å². The summed E-state index contributed by atoms with van der Waals surface area (Å²) in [5.41, 5.74) is 0.223. The molecule has 0 radical (unpaired) electrons. The van der Waals surface area contributed by atoms with Gasteiger partial charge in [-0.25, -0.2) is 13.2 Å². The minimum Gasteiger partial charge on any atom is -0.345 e. The van der Waals surface area contributed by atoms with E-state index in [9.17, 15) is 18.0 Å². The van der Waals surface area contributed by atoms with Gasteiger partial charge in [-0.15, -0.1) is 0 Å². The van der Waals surface area contributed by atoms with E-state index in [0.29, 0.717) is 6.07 Å². The average molecular weight is 280 g/mol. The van der Waals surface area contributed by atoms with Crippen molar-refractivity contribution in [2.75, 3.05) is 0 Å². The number of hydrogen-bond donors (Lipinski definition) is 1. The second-order valence-corrected chi connectivity index (χ2v) is 4.20. The maximum atomic E-state index is 13.5. The molecular weight excluding hydrogens is 269 g/mol. The summed E-state index contributed by atoms with van der Waals surface area (Å²) in [5.74, 6) is -5.30. The van der Waals surface area contributed by atoms with Crippen molar-refractivity contribution in [2.45, 2.75) is 13.0 Å². The SMILES string of the molecule is CC(NC(=O)c1ccc(F)c(F)c1F)c1ccncc1. The normalized spacial score (nSPS) is 12.0. The van der Waals surface area contributed by atoms with E-state index >= 15 is 0 Å². The summed E-state index contributed by atoms with van der Waals surface area (Å²) in [6.45, 7) is 1.69. The number of benzene rings is 1. The highest BCUT2D eigenvalue weighted by Crippen LogP contribution is 2.17. The molecule has 0 bridgehead atoms. The Hall–Kier alpha value is -2.37. The summed E-state index contributed by atoms with van der Waals surface area (Å²) in [4.78, 5) is 15.7. The fraction of sp³-hybridized carbons (Fsp3) is 0.143. The Morgan fingerprint density at radius 2 is 1.75 bits per heavy atom. The van der Waals surface area contributed by atoms with Gasteiger partial charge in [0.1, 0.15) is 0 Å². The molecule has 1 unspecified atom stereocenters. The van der Waals surface area contributed by atoms with Crippen LogP contribution in [0.1, 0.15) is 28.9 Å². The second-order valence-electron chi connectivity index (χ2n) is 4.20. The van der Waals surface area contributed by atoms with Gasteiger partial charge in [-0.05, 0) is 36.8 Å². The van der Waals surface area contributed by atoms with Gasteiger partial charge in [-0.3, -0.25) is 9.78 Å². The molecule has 0 aliphatic heterocycles. The fourth-order valence-corrected chi connectivity index (χ4v) is 1.71. The molecule has 0 aliphatic carbocycles. The summed E-state index contributed by atoms with van der Waals surface area (Å²) in [6, 6.07) is 4.57. The van der Waals surface area contributed by atoms with Crippen molar-refractivity contribution >= 4 is 5.91 Å². The van der Waals surface area contributed by atoms with E-state index in [1.165, 1.54) is 0 Å². The number of carbonyl (C=O) groups excluding carboxylic acids is 1. The quantitative estimate of drug-likeness (QED) is 0.878. The van der Waals surface area contributed by atoms with E-state index in [1.807, 2.05) is 0 Å². The van der Waals surface area contributed by atoms with Crippen LogP contribution in [-0.4, -0.2) is 10.9 Å². The Balaban J connectivity index is 2.19. The average Bonchev–Trinajstić information content (AvgIpc) is 2.45. The highest BCUT2D eigenvalue weighted by atomic mass is 19.2. The zero-order chi connectivity index (χ0) is 14.7. The van der Waals surface area contributed by atoms with Crippen molar-refractivity contribution in [3.8, 4) is 0 Å². The van der Waals surface area contributed by atoms with Gasteiger partial charge in [-0.1, -0.05) is 0 Å². The van der Waals surface area contributed by atoms with E-state index in [2.05, 4.69) is 10.3 Å². The van der Waals surface area contributed by atoms with Crippen LogP contribution >= 0.6 is 0 Å². The zero-order valence-electron chi connectivity index (χ0n) is 10.5. The number of carbonyl (C=O) groups is 1. The molecule has 20 heavy (non-hydrogen) atoms. The molecule has 1 N–H and O–H groups in total. The predicted octanol–water partition coefficient (Wildman–Crippen LogP) is 2.99. The first kappa shape index (κ1) is 14.0. The van der Waals surface area contributed by atoms with Gasteiger partial charge in [0.2, 0.25) is 0 Å². The van der Waals surface area contributed by atoms with Crippen LogP contribution in [0, 0.1) is 17.5 Å². The molecule has 1 atom stereocenters. The standard InChI is InChI=1S/C14H11F3N2O/c1-8(9-4-6-18-7-5-9)19-14(20)10-2-3-11(15)13(17)12(10)16/h2-8H,1H3,(H,19,20). The number of rotatable bonds is 3. The Bertz CT molecular complexity index is 632. The highest BCUT2D eigenvalue weighted by molar-refractivity contribution is 5.94. The Morgan fingerprint density at radius 1 is 1.10 bits per heavy atom. The van der Waals surface area contributed by atoms with Crippen LogP contribution in [0.25, 0.3) is 0 Å². The molecule has 6 heteroatoms. The highest BCUT2D eigenvalue weighted by Gasteiger charge is 2.20. The van der Waals surface area contributed by atoms with Crippen molar-refractivity contribution in [1.29, 1.82) is 0 Å². The number of pyridine rings is 1. The minimum absolute atomic E-state index is 0.419. The fourth-order valence-electron chi connectivity index (χ4n) is 1.71. The van der Waals surface area contributed by atoms with Gasteiger partial charge in [0.15, 0.2) is 17.5 Å². The lowest BCUT2D eigenvalue weighted by atomic mass is 10.1. The largest absolute Gasteiger partial charge is 0.345 e. The van der Waals surface area contributed by atoms with Gasteiger partial charge in [0.25, 0.3) is 5.91 Å². The van der Waals surface area contributed by atoms with Crippen LogP contribution in [0.4, 0.5) is 13.2 Å². The lowest BCUT2D eigenvalue weighted by Gasteiger charge is -2.14. The molecule has 3 nitrogen and oxygen atoms in total. The number of aromatic nitrogens is 1. The Labute approximate surface area is 113 Å². The number of halogens is 3. The van der Waals surface area contributed by atoms with E-state index in [4.69, 9.17) is 0 Å². The van der Waals surface area contributed by atoms with Gasteiger partial charge >= 0.3 is 0 Å². The van der Waals surface area contributed by atoms with Crippen LogP contribution in [0.5, 0.6) is 0 Å². The molecule has 1 heterocycles. The van der Waals surface area contributed by atoms with E-state index in [1.54, 1.807) is 31.5 Å². The summed E-state index contributed by atoms with van der Waals surface area (Å²) >= 11 is 0. The molecule has 0 saturated carbocycles. The molecule has 2 rings (SSSR count). The minimum atomic E-state index is -1.66. The number of hydrogen-bond acceptors (Lipinski definition) is 2. The molecular formula is C14H11F3N2O. The van der Waals surface area contributed by atoms with Gasteiger partial charge in [0, 0.05) is 12.4 Å². The smallest absolute Gasteiger partial charge is 0.254 e. The molecule has 104 valence electrons. The van der Waals surface area contributed by atoms with Crippen molar-refractivity contribution in [3.63, 3.8) is 0 Å². The lowest BCUT2D eigenvalue weighted by molar-refractivity contribution is 0.0934. The van der Waals surface area contributed by atoms with E-state index in [-0.39, 0.29) is 0 Å². The van der Waals surface area contributed by atoms with Gasteiger partial charge in [-0.2, -0.15) is 0 Å². The first-order valence-corrected chi connectivity index (χ1v) is 5.85. The molecule has 1 amide bonds. The molecule has 1 aromatic heterocycles. The third-order valence-electron chi connectivity index (χ3n) is 2.83. The Morgan fingerprint density at radius 3 is 2.40 bits per heavy atom. The summed E-state index contributed by atoms with van der Waals surface area (Å²) < 4.78 is 39.4. The van der Waals surface area contributed by atoms with Crippen LogP contribution in [0.15, 0.2) is 36.7 Å². The number of nitrogens with one attached hydrogen (secondary N) is 1. The predicted molar refractivity (Wildman–Crippen MR) is 66.4 cm³/mol. The molecule has 0 aliphatic rings. The van der Waals surface area contributed by atoms with Crippen LogP contribution in [0.3, 0.4) is 0 Å². The maximum absolute atomic E-state index is 13.5. The van der Waals surface area contributed by atoms with Crippen LogP contribution in [-0.2, 0) is 0 Å². The van der Waals surface area contributed by atoms with Crippen molar-refractivity contribution in [1.82, 2.24) is 10.3 Å². The Kier molecular flexibility index (Phi) is 4.02. The first-order chi connectivity index (χ1) is 9.50. The lowest BCUT2D eigenvalue weighted by Crippen LogP contribution is -2.27. The number of amides is 1. The zero-order valence-corrected chi connectivity index (χ0v) is 10.5. The molecule has 0 saturated heterocycles. The van der Waals surface area contributed by atoms with Crippen LogP contribution < -0.4 is 5.32 Å². The van der Waals surface area contributed by atoms with E-state index < -0.39 is 35.0 Å². The topological polar surface area (TPSA) is 42.0 Å². The summed E-state index contributed by atoms with van der Waals surface area (Å²) in [6.07, 6.45) is 3.10. The first-order valence-electron chi connectivity index (χ1n) is 5.85. The van der Waals surface area contributed by atoms with Gasteiger partial charge < -0.3 is 5.32 Å². The molecule has 1 aromatic carbocycles. The molecule has 2 aromatic rings. The van der Waals surface area contributed by atoms with Crippen molar-refractivity contribution in [2.24, 2.45) is 0 Å². The van der Waals surface area contributed by atoms with Crippen LogP contribution in [0.2, 0.25) is 0 Å². The van der Waals surface area contributed by atoms with Crippen molar-refractivity contribution in [3.05, 3.63) is 65.2 Å². The summed E-state index contributed by atoms with van der Waals surface area (Å²) in [5, 5.41) is 2.50. The summed E-state index contributed by atoms with van der Waals surface area (Å²) in [7, 11) is 0. The van der Waals surface area contributed by atoms with Crippen molar-refractivity contribution < 1.29 is 18.0 Å². The maximum Gasteiger partial charge on any atom is 0.254 e.